The Morgan fingerprint density at radius 3 is 2.32 bits per heavy atom. The fourth-order valence-electron chi connectivity index (χ4n) is 4.03. The van der Waals surface area contributed by atoms with E-state index in [4.69, 9.17) is 4.74 Å². The Balaban J connectivity index is 2.20. The second-order valence-electron chi connectivity index (χ2n) is 8.80. The summed E-state index contributed by atoms with van der Waals surface area (Å²) in [5.41, 5.74) is 2.14. The van der Waals surface area contributed by atoms with Crippen molar-refractivity contribution in [2.45, 2.75) is 52.5 Å². The first kappa shape index (κ1) is 22.6. The molecule has 0 radical (unpaired) electrons. The van der Waals surface area contributed by atoms with Gasteiger partial charge in [-0.3, -0.25) is 9.59 Å². The second-order valence-corrected chi connectivity index (χ2v) is 8.80. The lowest BCUT2D eigenvalue weighted by Crippen LogP contribution is -2.30. The Morgan fingerprint density at radius 2 is 1.74 bits per heavy atom. The summed E-state index contributed by atoms with van der Waals surface area (Å²) in [7, 11) is 0. The minimum absolute atomic E-state index is 0.133. The molecule has 0 aliphatic carbocycles. The minimum Gasteiger partial charge on any atom is -0.507 e. The van der Waals surface area contributed by atoms with Crippen LogP contribution in [-0.2, 0) is 15.0 Å². The lowest BCUT2D eigenvalue weighted by Gasteiger charge is -2.25. The van der Waals surface area contributed by atoms with Crippen LogP contribution in [0, 0.1) is 0 Å². The molecule has 1 fully saturated rings. The summed E-state index contributed by atoms with van der Waals surface area (Å²) < 4.78 is 5.77. The van der Waals surface area contributed by atoms with Gasteiger partial charge < -0.3 is 14.7 Å². The van der Waals surface area contributed by atoms with Gasteiger partial charge in [-0.2, -0.15) is 0 Å². The molecular weight excluding hydrogens is 390 g/mol. The second kappa shape index (κ2) is 8.96. The number of rotatable bonds is 6. The maximum Gasteiger partial charge on any atom is 0.295 e. The van der Waals surface area contributed by atoms with E-state index < -0.39 is 17.7 Å². The third-order valence-electron chi connectivity index (χ3n) is 5.48. The number of aliphatic hydroxyl groups excluding tert-OH is 1. The van der Waals surface area contributed by atoms with Gasteiger partial charge in [0.15, 0.2) is 0 Å². The summed E-state index contributed by atoms with van der Waals surface area (Å²) in [5, 5.41) is 11.3. The third kappa shape index (κ3) is 4.36. The van der Waals surface area contributed by atoms with E-state index in [0.29, 0.717) is 25.1 Å². The molecule has 1 atom stereocenters. The minimum atomic E-state index is -0.647. The van der Waals surface area contributed by atoms with Crippen LogP contribution in [0.3, 0.4) is 0 Å². The van der Waals surface area contributed by atoms with E-state index in [1.807, 2.05) is 56.3 Å². The van der Waals surface area contributed by atoms with Crippen molar-refractivity contribution in [1.82, 2.24) is 4.90 Å². The number of ketones is 1. The van der Waals surface area contributed by atoms with Crippen molar-refractivity contribution in [3.8, 4) is 5.75 Å². The van der Waals surface area contributed by atoms with E-state index in [1.54, 1.807) is 11.0 Å². The molecule has 5 nitrogen and oxygen atoms in total. The van der Waals surface area contributed by atoms with Crippen molar-refractivity contribution in [2.24, 2.45) is 0 Å². The standard InChI is InChI=1S/C26H31NO4/c1-6-15-27-22(17-11-9-8-10-12-17)21(24(29)25(27)30)23(28)18-13-14-20(31-7-2)19(16-18)26(3,4)5/h8-14,16,22,28H,6-7,15H2,1-5H3/b23-21-. The van der Waals surface area contributed by atoms with Gasteiger partial charge in [0.2, 0.25) is 0 Å². The van der Waals surface area contributed by atoms with Crippen molar-refractivity contribution < 1.29 is 19.4 Å². The quantitative estimate of drug-likeness (QED) is 0.395. The van der Waals surface area contributed by atoms with Crippen molar-refractivity contribution in [2.75, 3.05) is 13.2 Å². The molecule has 164 valence electrons. The zero-order valence-corrected chi connectivity index (χ0v) is 18.9. The molecule has 0 bridgehead atoms. The SMILES string of the molecule is CCCN1C(=O)C(=O)/C(=C(\O)c2ccc(OCC)c(C(C)(C)C)c2)C1c1ccccc1. The van der Waals surface area contributed by atoms with E-state index in [-0.39, 0.29) is 16.7 Å². The topological polar surface area (TPSA) is 66.8 Å². The summed E-state index contributed by atoms with van der Waals surface area (Å²) in [5.74, 6) is -0.623. The number of ether oxygens (including phenoxy) is 1. The number of aliphatic hydroxyl groups is 1. The van der Waals surface area contributed by atoms with Gasteiger partial charge in [0, 0.05) is 17.7 Å². The predicted molar refractivity (Wildman–Crippen MR) is 122 cm³/mol. The largest absolute Gasteiger partial charge is 0.507 e. The molecule has 0 saturated carbocycles. The van der Waals surface area contributed by atoms with Crippen molar-refractivity contribution >= 4 is 17.4 Å². The van der Waals surface area contributed by atoms with E-state index in [1.165, 1.54) is 0 Å². The van der Waals surface area contributed by atoms with Crippen LogP contribution in [0.5, 0.6) is 5.75 Å². The number of Topliss-reactive ketones (excluding diaryl/α,β-unsaturated/α-hetero) is 1. The highest BCUT2D eigenvalue weighted by Gasteiger charge is 2.45. The number of likely N-dealkylation sites (tertiary alicyclic amines) is 1. The van der Waals surface area contributed by atoms with Crippen LogP contribution in [0.2, 0.25) is 0 Å². The van der Waals surface area contributed by atoms with Crippen molar-refractivity contribution in [3.63, 3.8) is 0 Å². The zero-order chi connectivity index (χ0) is 22.8. The molecule has 1 unspecified atom stereocenters. The van der Waals surface area contributed by atoms with Gasteiger partial charge in [-0.05, 0) is 42.5 Å². The summed E-state index contributed by atoms with van der Waals surface area (Å²) in [6.07, 6.45) is 0.716. The molecule has 2 aromatic carbocycles. The Kier molecular flexibility index (Phi) is 6.54. The van der Waals surface area contributed by atoms with Crippen LogP contribution in [0.25, 0.3) is 5.76 Å². The fourth-order valence-corrected chi connectivity index (χ4v) is 4.03. The van der Waals surface area contributed by atoms with Crippen LogP contribution in [0.1, 0.15) is 63.8 Å². The van der Waals surface area contributed by atoms with Gasteiger partial charge in [-0.25, -0.2) is 0 Å². The van der Waals surface area contributed by atoms with Crippen LogP contribution in [-0.4, -0.2) is 34.8 Å². The van der Waals surface area contributed by atoms with Crippen LogP contribution < -0.4 is 4.74 Å². The van der Waals surface area contributed by atoms with Gasteiger partial charge in [-0.15, -0.1) is 0 Å². The van der Waals surface area contributed by atoms with Gasteiger partial charge in [0.1, 0.15) is 11.5 Å². The summed E-state index contributed by atoms with van der Waals surface area (Å²) in [4.78, 5) is 27.4. The Hall–Kier alpha value is -3.08. The Bertz CT molecular complexity index is 1000. The monoisotopic (exact) mass is 421 g/mol. The number of carbonyl (C=O) groups excluding carboxylic acids is 2. The van der Waals surface area contributed by atoms with Crippen molar-refractivity contribution in [1.29, 1.82) is 0 Å². The predicted octanol–water partition coefficient (Wildman–Crippen LogP) is 5.21. The normalized spacial score (nSPS) is 18.5. The summed E-state index contributed by atoms with van der Waals surface area (Å²) in [6.45, 7) is 11.1. The lowest BCUT2D eigenvalue weighted by atomic mass is 9.84. The van der Waals surface area contributed by atoms with Crippen LogP contribution in [0.15, 0.2) is 54.1 Å². The molecule has 1 amide bonds. The number of amides is 1. The summed E-state index contributed by atoms with van der Waals surface area (Å²) in [6, 6.07) is 14.2. The lowest BCUT2D eigenvalue weighted by molar-refractivity contribution is -0.139. The Labute approximate surface area is 184 Å². The average Bonchev–Trinajstić information content (AvgIpc) is 2.99. The molecule has 1 saturated heterocycles. The number of hydrogen-bond acceptors (Lipinski definition) is 4. The molecule has 1 aliphatic heterocycles. The smallest absolute Gasteiger partial charge is 0.295 e. The maximum absolute atomic E-state index is 13.0. The van der Waals surface area contributed by atoms with Gasteiger partial charge >= 0.3 is 0 Å². The molecule has 0 spiro atoms. The molecule has 1 N–H and O–H groups in total. The molecular formula is C26H31NO4. The average molecular weight is 422 g/mol. The highest BCUT2D eigenvalue weighted by Crippen LogP contribution is 2.41. The van der Waals surface area contributed by atoms with Gasteiger partial charge in [0.05, 0.1) is 18.2 Å². The van der Waals surface area contributed by atoms with Crippen LogP contribution >= 0.6 is 0 Å². The molecule has 1 heterocycles. The fraction of sp³-hybridized carbons (Fsp3) is 0.385. The highest BCUT2D eigenvalue weighted by molar-refractivity contribution is 6.46. The molecule has 1 aliphatic rings. The van der Waals surface area contributed by atoms with Gasteiger partial charge in [-0.1, -0.05) is 58.0 Å². The molecule has 0 aromatic heterocycles. The molecule has 2 aromatic rings. The molecule has 5 heteroatoms. The summed E-state index contributed by atoms with van der Waals surface area (Å²) >= 11 is 0. The van der Waals surface area contributed by atoms with E-state index >= 15 is 0 Å². The Morgan fingerprint density at radius 1 is 1.06 bits per heavy atom. The van der Waals surface area contributed by atoms with Crippen LogP contribution in [0.4, 0.5) is 0 Å². The first-order chi connectivity index (χ1) is 14.7. The first-order valence-electron chi connectivity index (χ1n) is 10.8. The number of nitrogens with zero attached hydrogens (tertiary/aromatic N) is 1. The van der Waals surface area contributed by atoms with E-state index in [9.17, 15) is 14.7 Å². The van der Waals surface area contributed by atoms with Gasteiger partial charge in [0.25, 0.3) is 11.7 Å². The number of hydrogen-bond donors (Lipinski definition) is 1. The first-order valence-corrected chi connectivity index (χ1v) is 10.8. The third-order valence-corrected chi connectivity index (χ3v) is 5.48. The zero-order valence-electron chi connectivity index (χ0n) is 18.9. The number of carbonyl (C=O) groups is 2. The molecule has 3 rings (SSSR count). The van der Waals surface area contributed by atoms with Crippen molar-refractivity contribution in [3.05, 3.63) is 70.8 Å². The van der Waals surface area contributed by atoms with E-state index in [0.717, 1.165) is 16.9 Å². The molecule has 31 heavy (non-hydrogen) atoms. The number of benzene rings is 2. The maximum atomic E-state index is 13.0. The highest BCUT2D eigenvalue weighted by atomic mass is 16.5. The van der Waals surface area contributed by atoms with E-state index in [2.05, 4.69) is 20.8 Å².